The molecule has 0 aliphatic carbocycles. The van der Waals surface area contributed by atoms with Crippen molar-refractivity contribution in [2.75, 3.05) is 13.2 Å². The van der Waals surface area contributed by atoms with Gasteiger partial charge in [-0.25, -0.2) is 0 Å². The number of nitrogens with one attached hydrogen (secondary N) is 1. The molecule has 0 radical (unpaired) electrons. The van der Waals surface area contributed by atoms with Crippen molar-refractivity contribution in [3.63, 3.8) is 0 Å². The van der Waals surface area contributed by atoms with Crippen LogP contribution >= 0.6 is 11.8 Å². The number of ether oxygens (including phenoxy) is 1. The third-order valence-electron chi connectivity index (χ3n) is 2.49. The molecule has 5 nitrogen and oxygen atoms in total. The van der Waals surface area contributed by atoms with Gasteiger partial charge in [0.05, 0.1) is 6.61 Å². The summed E-state index contributed by atoms with van der Waals surface area (Å²) in [5, 5.41) is 10.8. The molecular weight excluding hydrogens is 254 g/mol. The second-order valence-corrected chi connectivity index (χ2v) is 4.80. The van der Waals surface area contributed by atoms with Crippen LogP contribution in [0.2, 0.25) is 0 Å². The number of carbonyl (C=O) groups excluding carboxylic acids is 2. The molecule has 1 amide bonds. The fraction of sp³-hybridized carbons (Fsp3) is 0.333. The molecule has 1 unspecified atom stereocenters. The first-order valence-electron chi connectivity index (χ1n) is 5.54. The first-order chi connectivity index (χ1) is 8.69. The lowest BCUT2D eigenvalue weighted by Crippen LogP contribution is -2.30. The quantitative estimate of drug-likeness (QED) is 0.830. The first-order valence-corrected chi connectivity index (χ1v) is 6.35. The molecule has 2 N–H and O–H groups in total. The van der Waals surface area contributed by atoms with Crippen LogP contribution in [0.3, 0.4) is 0 Å². The number of benzene rings is 1. The van der Waals surface area contributed by atoms with E-state index in [2.05, 4.69) is 5.32 Å². The number of hydrogen-bond acceptors (Lipinski definition) is 5. The summed E-state index contributed by atoms with van der Waals surface area (Å²) < 4.78 is 5.23. The van der Waals surface area contributed by atoms with Gasteiger partial charge in [0.2, 0.25) is 5.12 Å². The van der Waals surface area contributed by atoms with Crippen molar-refractivity contribution in [2.24, 2.45) is 0 Å². The highest BCUT2D eigenvalue weighted by Gasteiger charge is 2.31. The molecule has 96 valence electrons. The fourth-order valence-electron chi connectivity index (χ4n) is 1.65. The zero-order valence-corrected chi connectivity index (χ0v) is 10.4. The minimum Gasteiger partial charge on any atom is -0.491 e. The number of aliphatic hydroxyl groups is 1. The van der Waals surface area contributed by atoms with Gasteiger partial charge in [-0.1, -0.05) is 12.1 Å². The Balaban J connectivity index is 1.94. The topological polar surface area (TPSA) is 75.6 Å². The Morgan fingerprint density at radius 3 is 2.56 bits per heavy atom. The van der Waals surface area contributed by atoms with E-state index >= 15 is 0 Å². The predicted molar refractivity (Wildman–Crippen MR) is 67.6 cm³/mol. The molecule has 0 spiro atoms. The van der Waals surface area contributed by atoms with E-state index in [9.17, 15) is 9.59 Å². The number of thioether (sulfide) groups is 1. The van der Waals surface area contributed by atoms with Crippen molar-refractivity contribution < 1.29 is 19.4 Å². The summed E-state index contributed by atoms with van der Waals surface area (Å²) in [6.45, 7) is 0.231. The number of amides is 1. The molecule has 1 aromatic carbocycles. The Morgan fingerprint density at radius 1 is 1.28 bits per heavy atom. The largest absolute Gasteiger partial charge is 0.491 e. The molecule has 1 aliphatic heterocycles. The predicted octanol–water partition coefficient (Wildman–Crippen LogP) is 0.952. The maximum Gasteiger partial charge on any atom is 0.287 e. The highest BCUT2D eigenvalue weighted by molar-refractivity contribution is 8.26. The Morgan fingerprint density at radius 2 is 2.00 bits per heavy atom. The highest BCUT2D eigenvalue weighted by Crippen LogP contribution is 2.20. The van der Waals surface area contributed by atoms with E-state index < -0.39 is 6.04 Å². The van der Waals surface area contributed by atoms with E-state index in [1.807, 2.05) is 12.1 Å². The Kier molecular flexibility index (Phi) is 4.22. The summed E-state index contributed by atoms with van der Waals surface area (Å²) in [6.07, 6.45) is 0.484. The van der Waals surface area contributed by atoms with E-state index in [0.717, 1.165) is 17.3 Å². The zero-order chi connectivity index (χ0) is 13.0. The standard InChI is InChI=1S/C12H13NO4S/c14-5-6-17-9-3-1-8(2-4-9)7-10-11(15)18-12(16)13-10/h1-4,10,14H,5-7H2,(H,13,16). The van der Waals surface area contributed by atoms with Crippen LogP contribution in [0.1, 0.15) is 5.56 Å². The molecule has 2 rings (SSSR count). The summed E-state index contributed by atoms with van der Waals surface area (Å²) in [5.74, 6) is 0.670. The lowest BCUT2D eigenvalue weighted by atomic mass is 10.1. The maximum absolute atomic E-state index is 11.4. The summed E-state index contributed by atoms with van der Waals surface area (Å²) in [4.78, 5) is 22.4. The van der Waals surface area contributed by atoms with Crippen molar-refractivity contribution in [1.29, 1.82) is 0 Å². The molecule has 1 heterocycles. The highest BCUT2D eigenvalue weighted by atomic mass is 32.2. The molecule has 0 saturated carbocycles. The molecule has 6 heteroatoms. The van der Waals surface area contributed by atoms with Gasteiger partial charge in [-0.3, -0.25) is 9.59 Å². The van der Waals surface area contributed by atoms with Crippen LogP contribution in [-0.4, -0.2) is 34.7 Å². The van der Waals surface area contributed by atoms with Crippen molar-refractivity contribution in [3.05, 3.63) is 29.8 Å². The van der Waals surface area contributed by atoms with Crippen molar-refractivity contribution in [3.8, 4) is 5.75 Å². The van der Waals surface area contributed by atoms with E-state index in [1.165, 1.54) is 0 Å². The monoisotopic (exact) mass is 267 g/mol. The summed E-state index contributed by atoms with van der Waals surface area (Å²) in [6, 6.07) is 6.80. The molecular formula is C12H13NO4S. The van der Waals surface area contributed by atoms with Gasteiger partial charge < -0.3 is 15.2 Å². The molecule has 0 bridgehead atoms. The van der Waals surface area contributed by atoms with E-state index in [0.29, 0.717) is 12.2 Å². The molecule has 1 aliphatic rings. The number of carbonyl (C=O) groups is 2. The van der Waals surface area contributed by atoms with Crippen LogP contribution in [0.25, 0.3) is 0 Å². The van der Waals surface area contributed by atoms with Crippen molar-refractivity contribution in [1.82, 2.24) is 5.32 Å². The minimum atomic E-state index is -0.438. The summed E-state index contributed by atoms with van der Waals surface area (Å²) >= 11 is 0.721. The van der Waals surface area contributed by atoms with E-state index in [4.69, 9.17) is 9.84 Å². The van der Waals surface area contributed by atoms with Gasteiger partial charge in [0, 0.05) is 18.2 Å². The molecule has 0 aromatic heterocycles. The fourth-order valence-corrected chi connectivity index (χ4v) is 2.32. The van der Waals surface area contributed by atoms with Gasteiger partial charge in [-0.15, -0.1) is 0 Å². The normalized spacial score (nSPS) is 18.8. The Labute approximate surface area is 109 Å². The number of rotatable bonds is 5. The van der Waals surface area contributed by atoms with Crippen LogP contribution in [0.4, 0.5) is 4.79 Å². The van der Waals surface area contributed by atoms with Gasteiger partial charge in [-0.2, -0.15) is 0 Å². The molecule has 1 saturated heterocycles. The number of hydrogen-bond donors (Lipinski definition) is 2. The zero-order valence-electron chi connectivity index (χ0n) is 9.59. The summed E-state index contributed by atoms with van der Waals surface area (Å²) in [5.41, 5.74) is 0.951. The van der Waals surface area contributed by atoms with Gasteiger partial charge in [0.15, 0.2) is 0 Å². The number of aliphatic hydroxyl groups excluding tert-OH is 1. The SMILES string of the molecule is O=C1NC(Cc2ccc(OCCO)cc2)C(=O)S1. The van der Waals surface area contributed by atoms with Gasteiger partial charge in [-0.05, 0) is 17.7 Å². The average molecular weight is 267 g/mol. The lowest BCUT2D eigenvalue weighted by molar-refractivity contribution is -0.112. The van der Waals surface area contributed by atoms with Crippen LogP contribution in [-0.2, 0) is 11.2 Å². The van der Waals surface area contributed by atoms with Crippen molar-refractivity contribution >= 4 is 22.1 Å². The van der Waals surface area contributed by atoms with Gasteiger partial charge >= 0.3 is 0 Å². The minimum absolute atomic E-state index is 0.0262. The van der Waals surface area contributed by atoms with Crippen LogP contribution in [0, 0.1) is 0 Å². The van der Waals surface area contributed by atoms with Crippen LogP contribution in [0.5, 0.6) is 5.75 Å². The third kappa shape index (κ3) is 3.24. The molecule has 18 heavy (non-hydrogen) atoms. The lowest BCUT2D eigenvalue weighted by Gasteiger charge is -2.09. The van der Waals surface area contributed by atoms with Crippen LogP contribution < -0.4 is 10.1 Å². The summed E-state index contributed by atoms with van der Waals surface area (Å²) in [7, 11) is 0. The molecule has 1 fully saturated rings. The second-order valence-electron chi connectivity index (χ2n) is 3.83. The first kappa shape index (κ1) is 12.9. The van der Waals surface area contributed by atoms with Gasteiger partial charge in [0.25, 0.3) is 5.24 Å². The Hall–Kier alpha value is -1.53. The van der Waals surface area contributed by atoms with E-state index in [1.54, 1.807) is 12.1 Å². The maximum atomic E-state index is 11.4. The molecule has 1 aromatic rings. The van der Waals surface area contributed by atoms with Crippen molar-refractivity contribution in [2.45, 2.75) is 12.5 Å². The molecule has 1 atom stereocenters. The van der Waals surface area contributed by atoms with Gasteiger partial charge in [0.1, 0.15) is 18.4 Å². The third-order valence-corrected chi connectivity index (χ3v) is 3.28. The Bertz CT molecular complexity index is 446. The average Bonchev–Trinajstić information content (AvgIpc) is 2.67. The van der Waals surface area contributed by atoms with Crippen LogP contribution in [0.15, 0.2) is 24.3 Å². The smallest absolute Gasteiger partial charge is 0.287 e. The van der Waals surface area contributed by atoms with E-state index in [-0.39, 0.29) is 23.6 Å². The second kappa shape index (κ2) is 5.88.